The van der Waals surface area contributed by atoms with Gasteiger partial charge in [0.1, 0.15) is 10.9 Å². The van der Waals surface area contributed by atoms with Crippen molar-refractivity contribution in [2.75, 3.05) is 12.4 Å². The number of benzene rings is 2. The third-order valence-corrected chi connectivity index (χ3v) is 6.07. The van der Waals surface area contributed by atoms with Crippen molar-refractivity contribution in [3.63, 3.8) is 0 Å². The molecule has 4 aromatic rings. The van der Waals surface area contributed by atoms with Gasteiger partial charge in [-0.2, -0.15) is 4.98 Å². The zero-order valence-corrected chi connectivity index (χ0v) is 22.7. The van der Waals surface area contributed by atoms with E-state index in [-0.39, 0.29) is 30.1 Å². The van der Waals surface area contributed by atoms with Crippen LogP contribution in [0.2, 0.25) is 10.2 Å². The zero-order chi connectivity index (χ0) is 28.2. The summed E-state index contributed by atoms with van der Waals surface area (Å²) < 4.78 is 12.7. The van der Waals surface area contributed by atoms with Gasteiger partial charge < -0.3 is 14.8 Å². The fourth-order valence-corrected chi connectivity index (χ4v) is 3.84. The Morgan fingerprint density at radius 2 is 1.67 bits per heavy atom. The normalized spacial score (nSPS) is 11.2. The van der Waals surface area contributed by atoms with E-state index in [0.717, 1.165) is 10.1 Å². The van der Waals surface area contributed by atoms with Gasteiger partial charge in [-0.15, -0.1) is 0 Å². The topological polar surface area (TPSA) is 130 Å². The van der Waals surface area contributed by atoms with Gasteiger partial charge >= 0.3 is 17.3 Å². The first-order chi connectivity index (χ1) is 18.6. The fraction of sp³-hybridized carbons (Fsp3) is 0.231. The highest BCUT2D eigenvalue weighted by molar-refractivity contribution is 6.30. The van der Waals surface area contributed by atoms with Crippen molar-refractivity contribution in [3.05, 3.63) is 97.6 Å². The average molecular weight is 571 g/mol. The Bertz CT molecular complexity index is 1580. The van der Waals surface area contributed by atoms with Gasteiger partial charge in [0.15, 0.2) is 0 Å². The van der Waals surface area contributed by atoms with Crippen LogP contribution in [0.15, 0.2) is 70.5 Å². The third-order valence-electron chi connectivity index (χ3n) is 5.62. The van der Waals surface area contributed by atoms with E-state index in [4.69, 9.17) is 32.7 Å². The molecule has 0 aliphatic heterocycles. The molecule has 39 heavy (non-hydrogen) atoms. The van der Waals surface area contributed by atoms with Crippen molar-refractivity contribution in [2.45, 2.75) is 26.9 Å². The van der Waals surface area contributed by atoms with Gasteiger partial charge in [0.2, 0.25) is 11.8 Å². The number of rotatable bonds is 9. The van der Waals surface area contributed by atoms with Gasteiger partial charge in [-0.05, 0) is 55.8 Å². The molecular formula is C26H24Cl2N6O5. The molecule has 0 unspecified atom stereocenters. The van der Waals surface area contributed by atoms with Crippen LogP contribution in [0, 0.1) is 5.41 Å². The van der Waals surface area contributed by atoms with Gasteiger partial charge in [-0.25, -0.2) is 24.1 Å². The highest BCUT2D eigenvalue weighted by Crippen LogP contribution is 2.23. The van der Waals surface area contributed by atoms with Gasteiger partial charge in [0.05, 0.1) is 31.5 Å². The molecule has 0 amide bonds. The summed E-state index contributed by atoms with van der Waals surface area (Å²) in [5, 5.41) is 3.81. The van der Waals surface area contributed by atoms with Crippen LogP contribution in [0.4, 0.5) is 11.6 Å². The lowest BCUT2D eigenvalue weighted by Gasteiger charge is -2.23. The summed E-state index contributed by atoms with van der Waals surface area (Å²) in [5.74, 6) is 0.192. The summed E-state index contributed by atoms with van der Waals surface area (Å²) in [6.45, 7) is 3.03. The molecule has 0 radical (unpaired) electrons. The van der Waals surface area contributed by atoms with E-state index in [1.54, 1.807) is 62.4 Å². The van der Waals surface area contributed by atoms with E-state index >= 15 is 0 Å². The average Bonchev–Trinajstić information content (AvgIpc) is 2.91. The van der Waals surface area contributed by atoms with Crippen molar-refractivity contribution in [1.29, 1.82) is 0 Å². The molecule has 0 aliphatic carbocycles. The number of carbonyl (C=O) groups excluding carboxylic acids is 1. The van der Waals surface area contributed by atoms with E-state index in [0.29, 0.717) is 16.5 Å². The number of hydrogen-bond acceptors (Lipinski definition) is 9. The molecule has 13 heteroatoms. The van der Waals surface area contributed by atoms with Crippen LogP contribution < -0.4 is 21.4 Å². The summed E-state index contributed by atoms with van der Waals surface area (Å²) in [6, 6.07) is 13.6. The fourth-order valence-electron chi connectivity index (χ4n) is 3.62. The first kappa shape index (κ1) is 27.8. The van der Waals surface area contributed by atoms with Gasteiger partial charge in [0, 0.05) is 17.3 Å². The van der Waals surface area contributed by atoms with Crippen LogP contribution in [0.5, 0.6) is 11.6 Å². The molecule has 0 saturated carbocycles. The number of anilines is 2. The SMILES string of the molecule is COC(=O)C(C)(C)Cn1c(=O)nc(Nc2ccc(Oc3cnc(Cl)cn3)cc2)n(Cc2ccc(Cl)cc2)c1=O. The molecule has 0 aliphatic rings. The van der Waals surface area contributed by atoms with Crippen molar-refractivity contribution >= 4 is 40.8 Å². The van der Waals surface area contributed by atoms with Gasteiger partial charge in [-0.3, -0.25) is 9.36 Å². The molecule has 0 spiro atoms. The molecule has 0 bridgehead atoms. The summed E-state index contributed by atoms with van der Waals surface area (Å²) in [5.41, 5.74) is -1.32. The Labute approximate surface area is 233 Å². The predicted molar refractivity (Wildman–Crippen MR) is 146 cm³/mol. The molecule has 0 fully saturated rings. The van der Waals surface area contributed by atoms with Crippen molar-refractivity contribution in [2.24, 2.45) is 5.41 Å². The van der Waals surface area contributed by atoms with Crippen molar-refractivity contribution < 1.29 is 14.3 Å². The maximum Gasteiger partial charge on any atom is 0.354 e. The molecule has 4 rings (SSSR count). The number of nitrogens with one attached hydrogen (secondary N) is 1. The number of halogens is 2. The van der Waals surface area contributed by atoms with E-state index in [1.807, 2.05) is 0 Å². The number of aromatic nitrogens is 5. The summed E-state index contributed by atoms with van der Waals surface area (Å²) in [4.78, 5) is 50.8. The Morgan fingerprint density at radius 3 is 2.28 bits per heavy atom. The van der Waals surface area contributed by atoms with Crippen LogP contribution in [-0.2, 0) is 22.6 Å². The molecular weight excluding hydrogens is 547 g/mol. The molecule has 2 aromatic heterocycles. The maximum atomic E-state index is 13.6. The summed E-state index contributed by atoms with van der Waals surface area (Å²) in [7, 11) is 1.25. The van der Waals surface area contributed by atoms with Crippen LogP contribution in [0.1, 0.15) is 19.4 Å². The second-order valence-corrected chi connectivity index (χ2v) is 9.93. The van der Waals surface area contributed by atoms with Crippen LogP contribution >= 0.6 is 23.2 Å². The number of carbonyl (C=O) groups is 1. The Morgan fingerprint density at radius 1 is 0.974 bits per heavy atom. The lowest BCUT2D eigenvalue weighted by Crippen LogP contribution is -2.46. The van der Waals surface area contributed by atoms with E-state index in [9.17, 15) is 14.4 Å². The van der Waals surface area contributed by atoms with Gasteiger partial charge in [-0.1, -0.05) is 35.3 Å². The van der Waals surface area contributed by atoms with E-state index in [2.05, 4.69) is 20.3 Å². The molecule has 202 valence electrons. The van der Waals surface area contributed by atoms with E-state index < -0.39 is 22.8 Å². The minimum absolute atomic E-state index is 0.0179. The quantitative estimate of drug-likeness (QED) is 0.293. The number of hydrogen-bond donors (Lipinski definition) is 1. The standard InChI is InChI=1S/C26H24Cl2N6O5/c1-26(2,22(35)38-3)15-34-24(36)32-23(33(25(34)37)14-16-4-6-17(27)7-5-16)31-18-8-10-19(11-9-18)39-21-13-29-20(28)12-30-21/h4-13H,14-15H2,1-3H3,(H,31,32,36). The number of nitrogens with zero attached hydrogens (tertiary/aromatic N) is 5. The van der Waals surface area contributed by atoms with Crippen molar-refractivity contribution in [3.8, 4) is 11.6 Å². The molecule has 2 aromatic carbocycles. The Kier molecular flexibility index (Phi) is 8.32. The second-order valence-electron chi connectivity index (χ2n) is 9.10. The Hall–Kier alpha value is -4.22. The predicted octanol–water partition coefficient (Wildman–Crippen LogP) is 4.29. The van der Waals surface area contributed by atoms with Gasteiger partial charge in [0.25, 0.3) is 0 Å². The first-order valence-corrected chi connectivity index (χ1v) is 12.4. The number of methoxy groups -OCH3 is 1. The number of ether oxygens (including phenoxy) is 2. The molecule has 0 atom stereocenters. The van der Waals surface area contributed by atoms with Crippen LogP contribution in [-0.4, -0.2) is 37.2 Å². The minimum atomic E-state index is -1.14. The third kappa shape index (κ3) is 6.81. The molecule has 1 N–H and O–H groups in total. The van der Waals surface area contributed by atoms with E-state index in [1.165, 1.54) is 24.1 Å². The monoisotopic (exact) mass is 570 g/mol. The smallest absolute Gasteiger partial charge is 0.354 e. The minimum Gasteiger partial charge on any atom is -0.469 e. The maximum absolute atomic E-state index is 13.6. The van der Waals surface area contributed by atoms with Crippen LogP contribution in [0.25, 0.3) is 0 Å². The highest BCUT2D eigenvalue weighted by Gasteiger charge is 2.31. The highest BCUT2D eigenvalue weighted by atomic mass is 35.5. The second kappa shape index (κ2) is 11.7. The summed E-state index contributed by atoms with van der Waals surface area (Å²) >= 11 is 11.8. The molecule has 11 nitrogen and oxygen atoms in total. The van der Waals surface area contributed by atoms with Crippen molar-refractivity contribution in [1.82, 2.24) is 24.1 Å². The summed E-state index contributed by atoms with van der Waals surface area (Å²) in [6.07, 6.45) is 2.76. The Balaban J connectivity index is 1.67. The lowest BCUT2D eigenvalue weighted by atomic mass is 9.94. The first-order valence-electron chi connectivity index (χ1n) is 11.6. The zero-order valence-electron chi connectivity index (χ0n) is 21.2. The molecule has 0 saturated heterocycles. The molecule has 2 heterocycles. The lowest BCUT2D eigenvalue weighted by molar-refractivity contribution is -0.151. The van der Waals surface area contributed by atoms with Crippen LogP contribution in [0.3, 0.4) is 0 Å². The largest absolute Gasteiger partial charge is 0.469 e. The number of esters is 1.